The van der Waals surface area contributed by atoms with Crippen molar-refractivity contribution in [3.05, 3.63) is 34.9 Å². The monoisotopic (exact) mass is 463 g/mol. The van der Waals surface area contributed by atoms with E-state index in [1.165, 1.54) is 16.7 Å². The molecule has 2 N–H and O–H groups in total. The van der Waals surface area contributed by atoms with Gasteiger partial charge in [-0.15, -0.1) is 24.0 Å². The molecule has 136 valence electrons. The third-order valence-corrected chi connectivity index (χ3v) is 6.00. The number of nitrogens with zero attached hydrogens (tertiary/aromatic N) is 1. The van der Waals surface area contributed by atoms with Crippen LogP contribution in [0, 0.1) is 13.8 Å². The molecule has 0 atom stereocenters. The Bertz CT molecular complexity index is 545. The van der Waals surface area contributed by atoms with Gasteiger partial charge in [0.2, 0.25) is 0 Å². The standard InChI is InChI=1S/C18H29N3OS.HI/c1-14-5-6-16(15(2)11-14)12-20-17(19-3)21-13-18(23-4)7-9-22-10-8-18;/h5-6,11H,7-10,12-13H2,1-4H3,(H2,19,20,21);1H. The Hall–Kier alpha value is -0.470. The third-order valence-electron chi connectivity index (χ3n) is 4.58. The summed E-state index contributed by atoms with van der Waals surface area (Å²) in [6.45, 7) is 7.71. The van der Waals surface area contributed by atoms with Crippen LogP contribution in [0.3, 0.4) is 0 Å². The second-order valence-corrected chi connectivity index (χ2v) is 7.48. The number of thioether (sulfide) groups is 1. The van der Waals surface area contributed by atoms with Crippen LogP contribution in [0.15, 0.2) is 23.2 Å². The highest BCUT2D eigenvalue weighted by Gasteiger charge is 2.31. The molecule has 1 aromatic carbocycles. The van der Waals surface area contributed by atoms with Gasteiger partial charge in [0.05, 0.1) is 0 Å². The van der Waals surface area contributed by atoms with Crippen molar-refractivity contribution in [1.82, 2.24) is 10.6 Å². The van der Waals surface area contributed by atoms with Crippen molar-refractivity contribution in [3.8, 4) is 0 Å². The first kappa shape index (κ1) is 21.6. The van der Waals surface area contributed by atoms with Gasteiger partial charge in [-0.3, -0.25) is 4.99 Å². The molecule has 1 aromatic rings. The van der Waals surface area contributed by atoms with Crippen molar-refractivity contribution < 1.29 is 4.74 Å². The number of aliphatic imine (C=N–C) groups is 1. The van der Waals surface area contributed by atoms with Gasteiger partial charge in [0, 0.05) is 38.1 Å². The third kappa shape index (κ3) is 6.11. The van der Waals surface area contributed by atoms with Crippen LogP contribution in [-0.2, 0) is 11.3 Å². The number of halogens is 1. The summed E-state index contributed by atoms with van der Waals surface area (Å²) in [4.78, 5) is 4.35. The highest BCUT2D eigenvalue weighted by Crippen LogP contribution is 2.32. The SMILES string of the molecule is CN=C(NCc1ccc(C)cc1C)NCC1(SC)CCOCC1.I. The van der Waals surface area contributed by atoms with Crippen LogP contribution in [-0.4, -0.2) is 43.8 Å². The number of benzene rings is 1. The summed E-state index contributed by atoms with van der Waals surface area (Å²) in [5, 5.41) is 6.92. The van der Waals surface area contributed by atoms with E-state index >= 15 is 0 Å². The first-order valence-electron chi connectivity index (χ1n) is 8.22. The zero-order valence-corrected chi connectivity index (χ0v) is 18.3. The fraction of sp³-hybridized carbons (Fsp3) is 0.611. The maximum atomic E-state index is 5.50. The molecule has 4 nitrogen and oxygen atoms in total. The van der Waals surface area contributed by atoms with Gasteiger partial charge < -0.3 is 15.4 Å². The summed E-state index contributed by atoms with van der Waals surface area (Å²) >= 11 is 1.94. The smallest absolute Gasteiger partial charge is 0.191 e. The van der Waals surface area contributed by atoms with Crippen LogP contribution in [0.5, 0.6) is 0 Å². The fourth-order valence-corrected chi connectivity index (χ4v) is 3.68. The quantitative estimate of drug-likeness (QED) is 0.399. The molecule has 0 saturated carbocycles. The number of aryl methyl sites for hydroxylation is 2. The zero-order valence-electron chi connectivity index (χ0n) is 15.1. The number of guanidine groups is 1. The van der Waals surface area contributed by atoms with Crippen LogP contribution in [0.2, 0.25) is 0 Å². The average molecular weight is 463 g/mol. The molecule has 0 aliphatic carbocycles. The van der Waals surface area contributed by atoms with Crippen LogP contribution in [0.25, 0.3) is 0 Å². The molecule has 24 heavy (non-hydrogen) atoms. The molecule has 0 spiro atoms. The molecule has 2 rings (SSSR count). The van der Waals surface area contributed by atoms with Crippen molar-refractivity contribution in [1.29, 1.82) is 0 Å². The Balaban J connectivity index is 0.00000288. The summed E-state index contributed by atoms with van der Waals surface area (Å²) in [6, 6.07) is 6.57. The van der Waals surface area contributed by atoms with Gasteiger partial charge in [0.25, 0.3) is 0 Å². The van der Waals surface area contributed by atoms with Gasteiger partial charge in [-0.05, 0) is 44.1 Å². The Morgan fingerprint density at radius 1 is 1.25 bits per heavy atom. The second kappa shape index (κ2) is 10.5. The van der Waals surface area contributed by atoms with Crippen LogP contribution in [0.4, 0.5) is 0 Å². The number of nitrogens with one attached hydrogen (secondary N) is 2. The predicted molar refractivity (Wildman–Crippen MR) is 116 cm³/mol. The van der Waals surface area contributed by atoms with E-state index in [9.17, 15) is 0 Å². The lowest BCUT2D eigenvalue weighted by molar-refractivity contribution is 0.0783. The lowest BCUT2D eigenvalue weighted by atomic mass is 9.99. The van der Waals surface area contributed by atoms with Gasteiger partial charge in [-0.2, -0.15) is 11.8 Å². The number of ether oxygens (including phenoxy) is 1. The highest BCUT2D eigenvalue weighted by molar-refractivity contribution is 14.0. The van der Waals surface area contributed by atoms with Gasteiger partial charge in [-0.1, -0.05) is 23.8 Å². The Labute approximate surface area is 167 Å². The molecule has 6 heteroatoms. The molecule has 1 fully saturated rings. The van der Waals surface area contributed by atoms with Crippen molar-refractivity contribution in [2.45, 2.75) is 38.0 Å². The van der Waals surface area contributed by atoms with Crippen molar-refractivity contribution in [2.24, 2.45) is 4.99 Å². The number of rotatable bonds is 5. The predicted octanol–water partition coefficient (Wildman–Crippen LogP) is 3.50. The van der Waals surface area contributed by atoms with Crippen molar-refractivity contribution in [2.75, 3.05) is 33.1 Å². The molecule has 1 saturated heterocycles. The molecular formula is C18H30IN3OS. The Kier molecular flexibility index (Phi) is 9.44. The molecule has 0 radical (unpaired) electrons. The van der Waals surface area contributed by atoms with E-state index < -0.39 is 0 Å². The van der Waals surface area contributed by atoms with Gasteiger partial charge in [0.1, 0.15) is 0 Å². The topological polar surface area (TPSA) is 45.7 Å². The van der Waals surface area contributed by atoms with E-state index in [4.69, 9.17) is 4.74 Å². The van der Waals surface area contributed by atoms with E-state index in [1.54, 1.807) is 0 Å². The largest absolute Gasteiger partial charge is 0.381 e. The second-order valence-electron chi connectivity index (χ2n) is 6.21. The highest BCUT2D eigenvalue weighted by atomic mass is 127. The van der Waals surface area contributed by atoms with Crippen LogP contribution >= 0.6 is 35.7 Å². The molecule has 1 aliphatic rings. The molecule has 0 bridgehead atoms. The fourth-order valence-electron chi connectivity index (χ4n) is 2.88. The normalized spacial score (nSPS) is 17.1. The lowest BCUT2D eigenvalue weighted by Crippen LogP contribution is -2.47. The summed E-state index contributed by atoms with van der Waals surface area (Å²) in [7, 11) is 1.83. The van der Waals surface area contributed by atoms with E-state index in [1.807, 2.05) is 18.8 Å². The minimum Gasteiger partial charge on any atom is -0.381 e. The van der Waals surface area contributed by atoms with Crippen LogP contribution < -0.4 is 10.6 Å². The molecular weight excluding hydrogens is 433 g/mol. The molecule has 0 aromatic heterocycles. The molecule has 1 aliphatic heterocycles. The van der Waals surface area contributed by atoms with Gasteiger partial charge in [-0.25, -0.2) is 0 Å². The molecule has 0 unspecified atom stereocenters. The first-order chi connectivity index (χ1) is 11.1. The van der Waals surface area contributed by atoms with Gasteiger partial charge >= 0.3 is 0 Å². The number of hydrogen-bond acceptors (Lipinski definition) is 3. The summed E-state index contributed by atoms with van der Waals surface area (Å²) in [5.74, 6) is 0.866. The summed E-state index contributed by atoms with van der Waals surface area (Å²) < 4.78 is 5.76. The Morgan fingerprint density at radius 3 is 2.54 bits per heavy atom. The first-order valence-corrected chi connectivity index (χ1v) is 9.44. The minimum atomic E-state index is 0. The van der Waals surface area contributed by atoms with E-state index in [0.29, 0.717) is 0 Å². The average Bonchev–Trinajstić information content (AvgIpc) is 2.57. The van der Waals surface area contributed by atoms with E-state index in [2.05, 4.69) is 53.9 Å². The number of hydrogen-bond donors (Lipinski definition) is 2. The molecule has 1 heterocycles. The Morgan fingerprint density at radius 2 is 1.96 bits per heavy atom. The van der Waals surface area contributed by atoms with E-state index in [-0.39, 0.29) is 28.7 Å². The minimum absolute atomic E-state index is 0. The van der Waals surface area contributed by atoms with Crippen molar-refractivity contribution >= 4 is 41.7 Å². The summed E-state index contributed by atoms with van der Waals surface area (Å²) in [5.41, 5.74) is 3.93. The van der Waals surface area contributed by atoms with Crippen molar-refractivity contribution in [3.63, 3.8) is 0 Å². The summed E-state index contributed by atoms with van der Waals surface area (Å²) in [6.07, 6.45) is 4.38. The van der Waals surface area contributed by atoms with E-state index in [0.717, 1.165) is 45.1 Å². The maximum Gasteiger partial charge on any atom is 0.191 e. The zero-order chi connectivity index (χ0) is 16.7. The van der Waals surface area contributed by atoms with Crippen LogP contribution in [0.1, 0.15) is 29.5 Å². The molecule has 0 amide bonds. The lowest BCUT2D eigenvalue weighted by Gasteiger charge is -2.36. The maximum absolute atomic E-state index is 5.50. The van der Waals surface area contributed by atoms with Gasteiger partial charge in [0.15, 0.2) is 5.96 Å².